The van der Waals surface area contributed by atoms with Gasteiger partial charge in [0.05, 0.1) is 0 Å². The zero-order valence-electron chi connectivity index (χ0n) is 3.97. The molecule has 0 aliphatic heterocycles. The molecule has 0 saturated heterocycles. The Kier molecular flexibility index (Phi) is 3.13. The van der Waals surface area contributed by atoms with E-state index < -0.39 is 10.6 Å². The third-order valence-corrected chi connectivity index (χ3v) is 1.35. The van der Waals surface area contributed by atoms with Crippen LogP contribution in [0.3, 0.4) is 0 Å². The molecular formula is C3H8NOS-. The number of hydrogen-bond acceptors (Lipinski definition) is 3. The quantitative estimate of drug-likeness (QED) is 0.454. The highest BCUT2D eigenvalue weighted by atomic mass is 32.2. The van der Waals surface area contributed by atoms with Gasteiger partial charge in [-0.2, -0.15) is 10.6 Å². The smallest absolute Gasteiger partial charge is 0.000781 e. The summed E-state index contributed by atoms with van der Waals surface area (Å²) in [7, 11) is 0.646. The molecule has 0 spiro atoms. The summed E-state index contributed by atoms with van der Waals surface area (Å²) in [6.45, 7) is 1.84. The Morgan fingerprint density at radius 3 is 2.33 bits per heavy atom. The van der Waals surface area contributed by atoms with Crippen molar-refractivity contribution in [1.82, 2.24) is 0 Å². The molecule has 0 aliphatic carbocycles. The molecule has 0 N–H and O–H groups in total. The van der Waals surface area contributed by atoms with Crippen LogP contribution in [0, 0.1) is 0 Å². The predicted molar refractivity (Wildman–Crippen MR) is 26.9 cm³/mol. The monoisotopic (exact) mass is 106 g/mol. The van der Waals surface area contributed by atoms with Crippen LogP contribution in [-0.2, 0) is 14.8 Å². The Morgan fingerprint density at radius 1 is 1.83 bits per heavy atom. The van der Waals surface area contributed by atoms with Crippen LogP contribution < -0.4 is 0 Å². The Bertz CT molecular complexity index is 93.0. The van der Waals surface area contributed by atoms with E-state index in [1.165, 1.54) is 0 Å². The highest BCUT2D eigenvalue weighted by Gasteiger charge is 1.51. The van der Waals surface area contributed by atoms with Gasteiger partial charge in [0.25, 0.3) is 0 Å². The second-order valence-corrected chi connectivity index (χ2v) is 2.38. The number of nitrogens with zero attached hydrogens (tertiary/aromatic N) is 1. The molecule has 0 rings (SSSR count). The summed E-state index contributed by atoms with van der Waals surface area (Å²) >= 11 is 0. The standard InChI is InChI=1S/C3H8NOS/c1-3-6(5)4-2/h3H2,1-2H3/q-1. The Labute approximate surface area is 39.8 Å². The average molecular weight is 106 g/mol. The minimum atomic E-state index is -0.909. The van der Waals surface area contributed by atoms with E-state index >= 15 is 0 Å². The first-order valence-electron chi connectivity index (χ1n) is 1.79. The summed E-state index contributed by atoms with van der Waals surface area (Å²) in [5.41, 5.74) is 0. The lowest BCUT2D eigenvalue weighted by molar-refractivity contribution is 0.600. The van der Waals surface area contributed by atoms with E-state index in [4.69, 9.17) is 0 Å². The first-order chi connectivity index (χ1) is 2.81. The molecule has 0 bridgehead atoms. The summed E-state index contributed by atoms with van der Waals surface area (Å²) < 4.78 is 13.6. The SMILES string of the molecule is CC[S-](=O)=NC. The first kappa shape index (κ1) is 5.95. The lowest BCUT2D eigenvalue weighted by Gasteiger charge is -1.88. The summed E-state index contributed by atoms with van der Waals surface area (Å²) in [4.78, 5) is 0. The fourth-order valence-corrected chi connectivity index (χ4v) is 0.387. The van der Waals surface area contributed by atoms with Crippen LogP contribution in [0.15, 0.2) is 4.36 Å². The van der Waals surface area contributed by atoms with Crippen LogP contribution in [0.2, 0.25) is 0 Å². The molecule has 0 unspecified atom stereocenters. The molecule has 0 aromatic heterocycles. The molecule has 0 aromatic carbocycles. The highest BCUT2D eigenvalue weighted by Crippen LogP contribution is 1.66. The lowest BCUT2D eigenvalue weighted by Crippen LogP contribution is -1.72. The minimum Gasteiger partial charge on any atom is -0.444 e. The Morgan fingerprint density at radius 2 is 2.33 bits per heavy atom. The van der Waals surface area contributed by atoms with Gasteiger partial charge in [0.1, 0.15) is 0 Å². The van der Waals surface area contributed by atoms with Gasteiger partial charge >= 0.3 is 0 Å². The molecule has 0 aromatic rings. The van der Waals surface area contributed by atoms with E-state index in [1.54, 1.807) is 7.05 Å². The van der Waals surface area contributed by atoms with Crippen LogP contribution in [0.25, 0.3) is 0 Å². The van der Waals surface area contributed by atoms with Gasteiger partial charge in [-0.25, -0.2) is 0 Å². The van der Waals surface area contributed by atoms with E-state index in [2.05, 4.69) is 4.36 Å². The van der Waals surface area contributed by atoms with Crippen molar-refractivity contribution in [1.29, 1.82) is 0 Å². The van der Waals surface area contributed by atoms with E-state index in [9.17, 15) is 4.21 Å². The molecule has 0 atom stereocenters. The third kappa shape index (κ3) is 2.20. The maximum absolute atomic E-state index is 10.1. The molecule has 6 heavy (non-hydrogen) atoms. The van der Waals surface area contributed by atoms with E-state index in [1.807, 2.05) is 6.92 Å². The van der Waals surface area contributed by atoms with Crippen LogP contribution >= 0.6 is 0 Å². The van der Waals surface area contributed by atoms with Crippen LogP contribution in [0.5, 0.6) is 0 Å². The third-order valence-electron chi connectivity index (χ3n) is 0.451. The highest BCUT2D eigenvalue weighted by molar-refractivity contribution is 7.74. The van der Waals surface area contributed by atoms with E-state index in [0.29, 0.717) is 5.75 Å². The summed E-state index contributed by atoms with van der Waals surface area (Å²) in [6.07, 6.45) is 0. The van der Waals surface area contributed by atoms with Gasteiger partial charge in [0, 0.05) is 7.05 Å². The van der Waals surface area contributed by atoms with Crippen molar-refractivity contribution in [2.45, 2.75) is 6.92 Å². The maximum Gasteiger partial charge on any atom is 0.000781 e. The molecular weight excluding hydrogens is 98.1 g/mol. The van der Waals surface area contributed by atoms with Gasteiger partial charge in [-0.15, -0.1) is 0 Å². The molecule has 0 aliphatic rings. The van der Waals surface area contributed by atoms with Crippen molar-refractivity contribution in [3.8, 4) is 0 Å². The summed E-state index contributed by atoms with van der Waals surface area (Å²) in [6, 6.07) is 0. The van der Waals surface area contributed by atoms with E-state index in [-0.39, 0.29) is 0 Å². The van der Waals surface area contributed by atoms with Crippen molar-refractivity contribution < 1.29 is 4.21 Å². The summed E-state index contributed by atoms with van der Waals surface area (Å²) in [5.74, 6) is 0.635. The largest absolute Gasteiger partial charge is 0.444 e. The van der Waals surface area contributed by atoms with Crippen molar-refractivity contribution in [3.63, 3.8) is 0 Å². The van der Waals surface area contributed by atoms with Gasteiger partial charge in [-0.1, -0.05) is 12.7 Å². The molecule has 38 valence electrons. The zero-order valence-corrected chi connectivity index (χ0v) is 4.79. The molecule has 0 radical (unpaired) electrons. The molecule has 3 heteroatoms. The van der Waals surface area contributed by atoms with Gasteiger partial charge in [0.15, 0.2) is 0 Å². The topological polar surface area (TPSA) is 29.4 Å². The predicted octanol–water partition coefficient (Wildman–Crippen LogP) is 0.784. The normalized spacial score (nSPS) is 15.0. The minimum absolute atomic E-state index is 0.635. The van der Waals surface area contributed by atoms with Gasteiger partial charge in [-0.05, 0) is 0 Å². The zero-order chi connectivity index (χ0) is 4.99. The fourth-order valence-electron chi connectivity index (χ4n) is 0.129. The van der Waals surface area contributed by atoms with Crippen LogP contribution in [0.1, 0.15) is 6.92 Å². The Balaban J connectivity index is 3.54. The average Bonchev–Trinajstić information content (AvgIpc) is 1.65. The maximum atomic E-state index is 10.1. The van der Waals surface area contributed by atoms with Crippen molar-refractivity contribution in [2.75, 3.05) is 12.8 Å². The number of rotatable bonds is 1. The van der Waals surface area contributed by atoms with Gasteiger partial charge in [0.2, 0.25) is 0 Å². The molecule has 0 amide bonds. The van der Waals surface area contributed by atoms with Gasteiger partial charge < -0.3 is 8.57 Å². The molecule has 0 fully saturated rings. The molecule has 2 nitrogen and oxygen atoms in total. The lowest BCUT2D eigenvalue weighted by atomic mass is 11.0. The fraction of sp³-hybridized carbons (Fsp3) is 1.00. The van der Waals surface area contributed by atoms with Crippen LogP contribution in [-0.4, -0.2) is 12.8 Å². The van der Waals surface area contributed by atoms with E-state index in [0.717, 1.165) is 0 Å². The van der Waals surface area contributed by atoms with Crippen molar-refractivity contribution in [2.24, 2.45) is 4.36 Å². The summed E-state index contributed by atoms with van der Waals surface area (Å²) in [5, 5.41) is 0. The second-order valence-electron chi connectivity index (χ2n) is 0.793. The van der Waals surface area contributed by atoms with Crippen molar-refractivity contribution >= 4 is 10.6 Å². The van der Waals surface area contributed by atoms with Crippen LogP contribution in [0.4, 0.5) is 0 Å². The molecule has 0 heterocycles. The van der Waals surface area contributed by atoms with Gasteiger partial charge in [-0.3, -0.25) is 0 Å². The second kappa shape index (κ2) is 3.15. The van der Waals surface area contributed by atoms with Crippen molar-refractivity contribution in [3.05, 3.63) is 0 Å². The molecule has 0 saturated carbocycles. The number of hydrogen-bond donors (Lipinski definition) is 0. The first-order valence-corrected chi connectivity index (χ1v) is 3.07. The Hall–Kier alpha value is -0.0500.